The van der Waals surface area contributed by atoms with Crippen LogP contribution >= 0.6 is 11.6 Å². The lowest BCUT2D eigenvalue weighted by atomic mass is 10.1. The predicted octanol–water partition coefficient (Wildman–Crippen LogP) is 6.22. The molecule has 0 atom stereocenters. The lowest BCUT2D eigenvalue weighted by Gasteiger charge is -2.16. The Hall–Kier alpha value is -3.02. The molecule has 0 saturated carbocycles. The maximum atomic E-state index is 6.58. The van der Waals surface area contributed by atoms with Gasteiger partial charge in [-0.05, 0) is 62.2 Å². The summed E-state index contributed by atoms with van der Waals surface area (Å²) in [5.74, 6) is 2.29. The topological polar surface area (TPSA) is 59.2 Å². The van der Waals surface area contributed by atoms with E-state index in [-0.39, 0.29) is 0 Å². The van der Waals surface area contributed by atoms with E-state index in [0.717, 1.165) is 47.4 Å². The number of hydrogen-bond acceptors (Lipinski definition) is 4. The second-order valence-electron chi connectivity index (χ2n) is 8.10. The van der Waals surface area contributed by atoms with Gasteiger partial charge in [0.2, 0.25) is 0 Å². The molecular formula is C27H30ClN3O2. The van der Waals surface area contributed by atoms with E-state index in [1.54, 1.807) is 0 Å². The van der Waals surface area contributed by atoms with Gasteiger partial charge >= 0.3 is 0 Å². The van der Waals surface area contributed by atoms with Crippen LogP contribution in [0.25, 0.3) is 11.0 Å². The molecule has 0 amide bonds. The molecular weight excluding hydrogens is 434 g/mol. The minimum atomic E-state index is 0.445. The van der Waals surface area contributed by atoms with Gasteiger partial charge in [0, 0.05) is 13.0 Å². The van der Waals surface area contributed by atoms with Crippen LogP contribution in [0.3, 0.4) is 0 Å². The number of aryl methyl sites for hydroxylation is 2. The summed E-state index contributed by atoms with van der Waals surface area (Å²) in [7, 11) is 0. The van der Waals surface area contributed by atoms with E-state index < -0.39 is 0 Å². The molecule has 0 aliphatic rings. The van der Waals surface area contributed by atoms with E-state index in [1.165, 1.54) is 5.56 Å². The first-order chi connectivity index (χ1) is 16.1. The van der Waals surface area contributed by atoms with E-state index in [9.17, 15) is 0 Å². The van der Waals surface area contributed by atoms with Crippen LogP contribution in [0.1, 0.15) is 35.9 Å². The fourth-order valence-electron chi connectivity index (χ4n) is 3.82. The second kappa shape index (κ2) is 11.2. The van der Waals surface area contributed by atoms with Gasteiger partial charge in [0.25, 0.3) is 0 Å². The van der Waals surface area contributed by atoms with Crippen molar-refractivity contribution in [3.63, 3.8) is 0 Å². The summed E-state index contributed by atoms with van der Waals surface area (Å²) < 4.78 is 11.9. The number of imidazole rings is 1. The van der Waals surface area contributed by atoms with Gasteiger partial charge in [-0.3, -0.25) is 0 Å². The number of hydrogen-bond donors (Lipinski definition) is 2. The third-order valence-electron chi connectivity index (χ3n) is 5.37. The van der Waals surface area contributed by atoms with E-state index >= 15 is 0 Å². The average molecular weight is 464 g/mol. The Balaban J connectivity index is 1.31. The zero-order valence-corrected chi connectivity index (χ0v) is 19.9. The van der Waals surface area contributed by atoms with Gasteiger partial charge in [0.1, 0.15) is 12.4 Å². The average Bonchev–Trinajstić information content (AvgIpc) is 3.21. The first-order valence-corrected chi connectivity index (χ1v) is 11.8. The zero-order valence-electron chi connectivity index (χ0n) is 19.2. The molecule has 4 aromatic rings. The fraction of sp³-hybridized carbons (Fsp3) is 0.296. The summed E-state index contributed by atoms with van der Waals surface area (Å²) in [5.41, 5.74) is 5.47. The Morgan fingerprint density at radius 1 is 1.00 bits per heavy atom. The Bertz CT molecular complexity index is 1170. The number of halogens is 1. The van der Waals surface area contributed by atoms with Crippen LogP contribution in [0.15, 0.2) is 60.7 Å². The van der Waals surface area contributed by atoms with Gasteiger partial charge in [-0.15, -0.1) is 0 Å². The number of H-pyrrole nitrogens is 1. The molecule has 4 rings (SSSR count). The molecule has 1 aromatic heterocycles. The number of nitrogens with zero attached hydrogens (tertiary/aromatic N) is 1. The smallest absolute Gasteiger partial charge is 0.180 e. The third kappa shape index (κ3) is 6.28. The first kappa shape index (κ1) is 23.1. The summed E-state index contributed by atoms with van der Waals surface area (Å²) in [6, 6.07) is 20.3. The highest BCUT2D eigenvalue weighted by Crippen LogP contribution is 2.37. The van der Waals surface area contributed by atoms with Crippen molar-refractivity contribution in [1.29, 1.82) is 0 Å². The molecule has 1 heterocycles. The molecule has 0 saturated heterocycles. The number of para-hydroxylation sites is 2. The monoisotopic (exact) mass is 463 g/mol. The zero-order chi connectivity index (χ0) is 23.0. The molecule has 3 aromatic carbocycles. The van der Waals surface area contributed by atoms with Gasteiger partial charge in [-0.25, -0.2) is 4.98 Å². The minimum Gasteiger partial charge on any atom is -0.490 e. The van der Waals surface area contributed by atoms with Crippen LogP contribution < -0.4 is 14.8 Å². The van der Waals surface area contributed by atoms with Crippen molar-refractivity contribution in [2.45, 2.75) is 39.8 Å². The molecule has 172 valence electrons. The van der Waals surface area contributed by atoms with Crippen molar-refractivity contribution in [3.8, 4) is 11.5 Å². The van der Waals surface area contributed by atoms with Gasteiger partial charge in [-0.1, -0.05) is 53.6 Å². The molecule has 5 nitrogen and oxygen atoms in total. The van der Waals surface area contributed by atoms with E-state index in [0.29, 0.717) is 36.3 Å². The van der Waals surface area contributed by atoms with E-state index in [4.69, 9.17) is 21.1 Å². The quantitative estimate of drug-likeness (QED) is 0.259. The lowest BCUT2D eigenvalue weighted by molar-refractivity contribution is 0.269. The van der Waals surface area contributed by atoms with Crippen LogP contribution in [0.2, 0.25) is 5.02 Å². The number of nitrogens with one attached hydrogen (secondary N) is 2. The van der Waals surface area contributed by atoms with Crippen molar-refractivity contribution in [2.24, 2.45) is 0 Å². The highest BCUT2D eigenvalue weighted by Gasteiger charge is 2.13. The summed E-state index contributed by atoms with van der Waals surface area (Å²) in [5, 5.41) is 4.05. The normalized spacial score (nSPS) is 11.1. The number of aromatic amines is 1. The number of aromatic nitrogens is 2. The van der Waals surface area contributed by atoms with Crippen LogP contribution in [0.5, 0.6) is 11.5 Å². The largest absolute Gasteiger partial charge is 0.490 e. The summed E-state index contributed by atoms with van der Waals surface area (Å²) in [6.45, 7) is 6.61. The molecule has 6 heteroatoms. The molecule has 0 radical (unpaired) electrons. The van der Waals surface area contributed by atoms with Crippen LogP contribution in [-0.4, -0.2) is 23.1 Å². The highest BCUT2D eigenvalue weighted by molar-refractivity contribution is 6.32. The highest BCUT2D eigenvalue weighted by atomic mass is 35.5. The van der Waals surface area contributed by atoms with Crippen molar-refractivity contribution >= 4 is 22.6 Å². The molecule has 33 heavy (non-hydrogen) atoms. The van der Waals surface area contributed by atoms with Gasteiger partial charge in [-0.2, -0.15) is 0 Å². The van der Waals surface area contributed by atoms with Gasteiger partial charge < -0.3 is 19.8 Å². The lowest BCUT2D eigenvalue weighted by Crippen LogP contribution is -2.15. The van der Waals surface area contributed by atoms with Gasteiger partial charge in [0.15, 0.2) is 11.5 Å². The SMILES string of the molecule is CCOc1cc(CNCCCc2nc3ccccc3[nH]2)cc(Cl)c1OCc1cccc(C)c1. The maximum absolute atomic E-state index is 6.58. The van der Waals surface area contributed by atoms with Crippen molar-refractivity contribution in [3.05, 3.63) is 88.2 Å². The number of benzene rings is 3. The second-order valence-corrected chi connectivity index (χ2v) is 8.50. The molecule has 0 unspecified atom stereocenters. The van der Waals surface area contributed by atoms with Gasteiger partial charge in [0.05, 0.1) is 22.7 Å². The Morgan fingerprint density at radius 3 is 2.70 bits per heavy atom. The fourth-order valence-corrected chi connectivity index (χ4v) is 4.11. The van der Waals surface area contributed by atoms with Crippen LogP contribution in [0, 0.1) is 6.92 Å². The Kier molecular flexibility index (Phi) is 7.87. The van der Waals surface area contributed by atoms with Crippen molar-refractivity contribution < 1.29 is 9.47 Å². The number of fused-ring (bicyclic) bond motifs is 1. The third-order valence-corrected chi connectivity index (χ3v) is 5.65. The first-order valence-electron chi connectivity index (χ1n) is 11.4. The maximum Gasteiger partial charge on any atom is 0.180 e. The number of ether oxygens (including phenoxy) is 2. The summed E-state index contributed by atoms with van der Waals surface area (Å²) in [6.07, 6.45) is 1.89. The molecule has 0 aliphatic carbocycles. The summed E-state index contributed by atoms with van der Waals surface area (Å²) >= 11 is 6.58. The molecule has 0 bridgehead atoms. The molecule has 0 aliphatic heterocycles. The van der Waals surface area contributed by atoms with E-state index in [1.807, 2.05) is 49.4 Å². The molecule has 2 N–H and O–H groups in total. The number of rotatable bonds is 11. The van der Waals surface area contributed by atoms with Crippen LogP contribution in [0.4, 0.5) is 0 Å². The van der Waals surface area contributed by atoms with Crippen molar-refractivity contribution in [1.82, 2.24) is 15.3 Å². The molecule has 0 fully saturated rings. The molecule has 0 spiro atoms. The Labute approximate surface area is 200 Å². The Morgan fingerprint density at radius 2 is 1.88 bits per heavy atom. The van der Waals surface area contributed by atoms with Crippen molar-refractivity contribution in [2.75, 3.05) is 13.2 Å². The predicted molar refractivity (Wildman–Crippen MR) is 134 cm³/mol. The summed E-state index contributed by atoms with van der Waals surface area (Å²) in [4.78, 5) is 8.01. The van der Waals surface area contributed by atoms with E-state index in [2.05, 4.69) is 40.4 Å². The van der Waals surface area contributed by atoms with Crippen LogP contribution in [-0.2, 0) is 19.6 Å². The minimum absolute atomic E-state index is 0.445. The standard InChI is InChI=1S/C27H30ClN3O2/c1-3-32-25-16-21(15-22(28)27(25)33-18-20-9-6-8-19(2)14-20)17-29-13-7-12-26-30-23-10-4-5-11-24(23)31-26/h4-6,8-11,14-16,29H,3,7,12-13,17-18H2,1-2H3,(H,30,31).